The molecule has 20 heteroatoms. The Balaban J connectivity index is 0.00000720. The van der Waals surface area contributed by atoms with Crippen LogP contribution in [0.4, 0.5) is 0 Å². The molecule has 0 spiro atoms. The Bertz CT molecular complexity index is 1760. The fourth-order valence-electron chi connectivity index (χ4n) is 13.3. The molecule has 0 aromatic rings. The topological polar surface area (TPSA) is 318 Å². The average molecular weight is 953 g/mol. The number of hydrogen-bond donors (Lipinski definition) is 11. The van der Waals surface area contributed by atoms with Gasteiger partial charge < -0.3 is 94.5 Å². The van der Waals surface area contributed by atoms with Gasteiger partial charge in [0.15, 0.2) is 18.9 Å². The minimum atomic E-state index is -1.89. The Kier molecular flexibility index (Phi) is 17.2. The van der Waals surface area contributed by atoms with Gasteiger partial charge in [0, 0.05) is 5.41 Å². The molecular formula is C46H73NaO19. The summed E-state index contributed by atoms with van der Waals surface area (Å²) >= 11 is 0. The van der Waals surface area contributed by atoms with E-state index in [4.69, 9.17) is 28.4 Å². The molecule has 2 saturated carbocycles. The predicted molar refractivity (Wildman–Crippen MR) is 222 cm³/mol. The number of aliphatic carboxylic acids is 1. The molecule has 5 fully saturated rings. The maximum Gasteiger partial charge on any atom is 1.00 e. The molecule has 0 aromatic carbocycles. The second-order valence-corrected chi connectivity index (χ2v) is 20.9. The van der Waals surface area contributed by atoms with Crippen molar-refractivity contribution in [3.05, 3.63) is 22.8 Å². The van der Waals surface area contributed by atoms with Crippen LogP contribution in [0.15, 0.2) is 22.8 Å². The predicted octanol–water partition coefficient (Wildman–Crippen LogP) is -4.98. The summed E-state index contributed by atoms with van der Waals surface area (Å²) in [6, 6.07) is 0. The third-order valence-corrected chi connectivity index (χ3v) is 17.2. The van der Waals surface area contributed by atoms with Gasteiger partial charge in [-0.25, -0.2) is 0 Å². The maximum atomic E-state index is 13.6. The molecule has 3 saturated heterocycles. The van der Waals surface area contributed by atoms with E-state index in [2.05, 4.69) is 13.8 Å². The molecule has 0 unspecified atom stereocenters. The van der Waals surface area contributed by atoms with Crippen LogP contribution in [0, 0.1) is 34.0 Å². The summed E-state index contributed by atoms with van der Waals surface area (Å²) < 4.78 is 35.1. The van der Waals surface area contributed by atoms with Gasteiger partial charge in [-0.1, -0.05) is 43.6 Å². The van der Waals surface area contributed by atoms with Gasteiger partial charge in [0.05, 0.1) is 43.6 Å². The van der Waals surface area contributed by atoms with Crippen LogP contribution in [0.1, 0.15) is 99.3 Å². The van der Waals surface area contributed by atoms with Crippen LogP contribution in [0.2, 0.25) is 0 Å². The van der Waals surface area contributed by atoms with E-state index in [1.807, 2.05) is 26.8 Å². The fraction of sp³-hybridized carbons (Fsp3) is 0.891. The second kappa shape index (κ2) is 20.8. The maximum absolute atomic E-state index is 13.6. The molecule has 3 heterocycles. The number of aliphatic hydroxyl groups excluding tert-OH is 10. The van der Waals surface area contributed by atoms with Crippen molar-refractivity contribution in [3.63, 3.8) is 0 Å². The summed E-state index contributed by atoms with van der Waals surface area (Å²) in [6.07, 6.45) is -18.3. The van der Waals surface area contributed by atoms with E-state index in [1.54, 1.807) is 6.92 Å². The number of rotatable bonds is 13. The standard InChI is InChI=1S/C46H74O19.Na/c1-20(2)7-9-25(49)21(3)22-12-16-46(42(57)58)24-8-10-29-43(4,23(24)11-15-44(22,46)5)14-13-30(45(29,6)59)64-41-38(35(54)32(51)27(18-48)62-41)65-39-36(55)33(52)28(19-60-39)63-40-37(56)34(53)31(50)26(17-47)61-40;/h7,21-22,25-41,47-56,59H,8-19H2,1-6H3,(H,57,58);/q;+1/p-1/t21-,22+,25-,26+,27+,28-,29+,30-,31-,32-,33-,34-,35-,36+,37+,38+,39+,40-,41-,43+,44+,45+,46-;/m0./s1. The number of carboxylic acid groups (broad SMARTS) is 1. The van der Waals surface area contributed by atoms with E-state index in [0.717, 1.165) is 16.7 Å². The van der Waals surface area contributed by atoms with Crippen molar-refractivity contribution in [1.82, 2.24) is 0 Å². The first-order valence-electron chi connectivity index (χ1n) is 23.3. The number of fused-ring (bicyclic) bond motifs is 4. The van der Waals surface area contributed by atoms with Gasteiger partial charge in [-0.15, -0.1) is 0 Å². The van der Waals surface area contributed by atoms with Crippen LogP contribution < -0.4 is 34.7 Å². The summed E-state index contributed by atoms with van der Waals surface area (Å²) in [6.45, 7) is 9.83. The monoisotopic (exact) mass is 952 g/mol. The Morgan fingerprint density at radius 3 is 2.02 bits per heavy atom. The van der Waals surface area contributed by atoms with Crippen LogP contribution in [-0.4, -0.2) is 186 Å². The number of carbonyl (C=O) groups is 1. The van der Waals surface area contributed by atoms with Crippen molar-refractivity contribution in [2.45, 2.75) is 203 Å². The van der Waals surface area contributed by atoms with Crippen LogP contribution in [0.5, 0.6) is 0 Å². The van der Waals surface area contributed by atoms with Crippen molar-refractivity contribution in [1.29, 1.82) is 0 Å². The van der Waals surface area contributed by atoms with E-state index >= 15 is 0 Å². The van der Waals surface area contributed by atoms with Crippen LogP contribution in [-0.2, 0) is 33.2 Å². The molecular weight excluding hydrogens is 879 g/mol. The summed E-state index contributed by atoms with van der Waals surface area (Å²) in [5, 5.41) is 132. The zero-order valence-corrected chi connectivity index (χ0v) is 41.2. The van der Waals surface area contributed by atoms with E-state index in [0.29, 0.717) is 51.4 Å². The minimum absolute atomic E-state index is 0. The first-order chi connectivity index (χ1) is 30.5. The van der Waals surface area contributed by atoms with E-state index in [1.165, 1.54) is 0 Å². The van der Waals surface area contributed by atoms with Crippen LogP contribution in [0.25, 0.3) is 0 Å². The number of hydrogen-bond acceptors (Lipinski definition) is 19. The SMILES string of the molecule is CC(C)=CC[C@H](O)[C@@H](C)[C@H]1CC[C@@]2(C(=O)[O-])C3=C(CC[C@]12C)[C@@]1(C)CC[C@H](O[C@@H]2O[C@H](CO)[C@H](O)[C@H](O)[C@H]2O[C@H]2OC[C@H](O[C@@H]4O[C@H](CO)[C@H](O)[C@H](O)[C@H]4O)[C@H](O)[C@H]2O)[C@](C)(O)[C@@H]1CC3.[Na+]. The largest absolute Gasteiger partial charge is 1.00 e. The minimum Gasteiger partial charge on any atom is -0.549 e. The molecule has 0 radical (unpaired) electrons. The van der Waals surface area contributed by atoms with Gasteiger partial charge in [-0.3, -0.25) is 0 Å². The molecule has 7 aliphatic rings. The zero-order valence-electron chi connectivity index (χ0n) is 39.2. The summed E-state index contributed by atoms with van der Waals surface area (Å²) in [5.41, 5.74) is -1.08. The molecule has 3 aliphatic heterocycles. The van der Waals surface area contributed by atoms with Crippen LogP contribution >= 0.6 is 0 Å². The molecule has 11 N–H and O–H groups in total. The first kappa shape index (κ1) is 54.6. The molecule has 23 atom stereocenters. The number of ether oxygens (including phenoxy) is 6. The van der Waals surface area contributed by atoms with Gasteiger partial charge in [-0.05, 0) is 107 Å². The van der Waals surface area contributed by atoms with Gasteiger partial charge in [0.2, 0.25) is 0 Å². The average Bonchev–Trinajstić information content (AvgIpc) is 3.59. The normalized spacial score (nSPS) is 49.1. The van der Waals surface area contributed by atoms with Gasteiger partial charge in [-0.2, -0.15) is 0 Å². The Morgan fingerprint density at radius 2 is 1.39 bits per heavy atom. The van der Waals surface area contributed by atoms with Crippen LogP contribution in [0.3, 0.4) is 0 Å². The van der Waals surface area contributed by atoms with Crippen molar-refractivity contribution < 1.29 is 124 Å². The zero-order chi connectivity index (χ0) is 47.7. The Hall–Kier alpha value is -0.730. The summed E-state index contributed by atoms with van der Waals surface area (Å²) in [7, 11) is 0. The second-order valence-electron chi connectivity index (χ2n) is 20.9. The molecule has 372 valence electrons. The molecule has 0 bridgehead atoms. The Labute approximate surface area is 408 Å². The van der Waals surface area contributed by atoms with Gasteiger partial charge in [0.25, 0.3) is 0 Å². The first-order valence-corrected chi connectivity index (χ1v) is 23.3. The molecule has 0 aromatic heterocycles. The van der Waals surface area contributed by atoms with E-state index in [-0.39, 0.29) is 47.8 Å². The van der Waals surface area contributed by atoms with Gasteiger partial charge >= 0.3 is 29.6 Å². The fourth-order valence-corrected chi connectivity index (χ4v) is 13.3. The number of carboxylic acids is 1. The van der Waals surface area contributed by atoms with Crippen molar-refractivity contribution in [2.75, 3.05) is 19.8 Å². The van der Waals surface area contributed by atoms with Crippen molar-refractivity contribution in [3.8, 4) is 0 Å². The van der Waals surface area contributed by atoms with Crippen molar-refractivity contribution >= 4 is 5.97 Å². The quantitative estimate of drug-likeness (QED) is 0.0609. The third kappa shape index (κ3) is 9.20. The third-order valence-electron chi connectivity index (χ3n) is 17.2. The summed E-state index contributed by atoms with van der Waals surface area (Å²) in [4.78, 5) is 13.6. The van der Waals surface area contributed by atoms with Gasteiger partial charge in [0.1, 0.15) is 67.1 Å². The summed E-state index contributed by atoms with van der Waals surface area (Å²) in [5.74, 6) is -1.72. The molecule has 7 rings (SSSR count). The molecule has 66 heavy (non-hydrogen) atoms. The van der Waals surface area contributed by atoms with Crippen molar-refractivity contribution in [2.24, 2.45) is 34.0 Å². The number of allylic oxidation sites excluding steroid dienone is 2. The molecule has 0 amide bonds. The smallest absolute Gasteiger partial charge is 0.549 e. The van der Waals surface area contributed by atoms with E-state index in [9.17, 15) is 66.1 Å². The number of carbonyl (C=O) groups excluding carboxylic acids is 1. The Morgan fingerprint density at radius 1 is 0.773 bits per heavy atom. The molecule has 19 nitrogen and oxygen atoms in total. The van der Waals surface area contributed by atoms with E-state index < -0.39 is 152 Å². The molecule has 4 aliphatic carbocycles. The number of aliphatic hydroxyl groups is 11.